The number of carbonyl (C=O) groups is 1. The van der Waals surface area contributed by atoms with Crippen LogP contribution in [0.1, 0.15) is 61.7 Å². The van der Waals surface area contributed by atoms with E-state index in [9.17, 15) is 4.79 Å². The molecule has 0 fully saturated rings. The summed E-state index contributed by atoms with van der Waals surface area (Å²) in [6.45, 7) is 13.5. The van der Waals surface area contributed by atoms with E-state index < -0.39 is 0 Å². The van der Waals surface area contributed by atoms with E-state index >= 15 is 0 Å². The number of hydrogen-bond acceptors (Lipinski definition) is 1. The van der Waals surface area contributed by atoms with Gasteiger partial charge in [0.15, 0.2) is 0 Å². The van der Waals surface area contributed by atoms with Crippen molar-refractivity contribution in [1.82, 2.24) is 0 Å². The highest BCUT2D eigenvalue weighted by atomic mass is 16.1. The third-order valence-corrected chi connectivity index (χ3v) is 5.09. The quantitative estimate of drug-likeness (QED) is 0.666. The molecule has 0 aromatic heterocycles. The van der Waals surface area contributed by atoms with Crippen LogP contribution in [0.5, 0.6) is 0 Å². The Bertz CT molecular complexity index is 481. The topological polar surface area (TPSA) is 17.1 Å². The van der Waals surface area contributed by atoms with Crippen LogP contribution in [0, 0.1) is 12.8 Å². The first kappa shape index (κ1) is 12.3. The Kier molecular flexibility index (Phi) is 2.50. The summed E-state index contributed by atoms with van der Waals surface area (Å²) in [6.07, 6.45) is 0.974. The number of fused-ring (bicyclic) bond motifs is 1. The Morgan fingerprint density at radius 1 is 1.06 bits per heavy atom. The molecule has 0 N–H and O–H groups in total. The summed E-state index contributed by atoms with van der Waals surface area (Å²) in [5.41, 5.74) is 5.02. The highest BCUT2D eigenvalue weighted by molar-refractivity contribution is 5.78. The Hall–Kier alpha value is -1.11. The molecule has 0 saturated carbocycles. The Labute approximate surface area is 104 Å². The molecule has 0 radical (unpaired) electrons. The smallest absolute Gasteiger partial charge is 0.150 e. The van der Waals surface area contributed by atoms with Gasteiger partial charge in [-0.3, -0.25) is 4.79 Å². The van der Waals surface area contributed by atoms with Gasteiger partial charge in [-0.2, -0.15) is 0 Å². The van der Waals surface area contributed by atoms with Crippen LogP contribution >= 0.6 is 0 Å². The minimum absolute atomic E-state index is 0.143. The SMILES string of the molecule is Cc1cc2c(cc1C=O)C(C)(C)C(C)C2(C)C. The summed E-state index contributed by atoms with van der Waals surface area (Å²) in [5.74, 6) is 0.575. The molecule has 0 aliphatic heterocycles. The summed E-state index contributed by atoms with van der Waals surface area (Å²) in [5, 5.41) is 0. The second-order valence-corrected chi connectivity index (χ2v) is 6.54. The predicted molar refractivity (Wildman–Crippen MR) is 71.8 cm³/mol. The van der Waals surface area contributed by atoms with Gasteiger partial charge in [-0.1, -0.05) is 40.7 Å². The van der Waals surface area contributed by atoms with E-state index in [0.717, 1.165) is 17.4 Å². The van der Waals surface area contributed by atoms with Crippen molar-refractivity contribution in [2.45, 2.75) is 52.4 Å². The third-order valence-electron chi connectivity index (χ3n) is 5.09. The molecule has 1 aliphatic rings. The standard InChI is InChI=1S/C16H22O/c1-10-7-13-14(8-12(10)9-17)16(5,6)11(2)15(13,3)4/h7-9,11H,1-6H3. The molecule has 2 rings (SSSR count). The van der Waals surface area contributed by atoms with Gasteiger partial charge in [-0.15, -0.1) is 0 Å². The normalized spacial score (nSPS) is 24.5. The second-order valence-electron chi connectivity index (χ2n) is 6.54. The molecule has 1 aromatic rings. The number of benzene rings is 1. The van der Waals surface area contributed by atoms with Crippen LogP contribution in [0.25, 0.3) is 0 Å². The summed E-state index contributed by atoms with van der Waals surface area (Å²) in [7, 11) is 0. The Morgan fingerprint density at radius 3 is 2.00 bits per heavy atom. The van der Waals surface area contributed by atoms with Gasteiger partial charge in [-0.05, 0) is 46.4 Å². The van der Waals surface area contributed by atoms with Crippen molar-refractivity contribution in [2.75, 3.05) is 0 Å². The van der Waals surface area contributed by atoms with Crippen LogP contribution in [-0.4, -0.2) is 6.29 Å². The van der Waals surface area contributed by atoms with Crippen LogP contribution in [0.3, 0.4) is 0 Å². The fraction of sp³-hybridized carbons (Fsp3) is 0.562. The molecule has 0 amide bonds. The van der Waals surface area contributed by atoms with E-state index in [4.69, 9.17) is 0 Å². The zero-order valence-electron chi connectivity index (χ0n) is 11.7. The van der Waals surface area contributed by atoms with Gasteiger partial charge in [0.2, 0.25) is 0 Å². The lowest BCUT2D eigenvalue weighted by Crippen LogP contribution is -2.30. The van der Waals surface area contributed by atoms with E-state index in [1.54, 1.807) is 0 Å². The van der Waals surface area contributed by atoms with Gasteiger partial charge >= 0.3 is 0 Å². The number of aldehydes is 1. The fourth-order valence-corrected chi connectivity index (χ4v) is 3.29. The van der Waals surface area contributed by atoms with Crippen LogP contribution in [0.4, 0.5) is 0 Å². The molecule has 1 nitrogen and oxygen atoms in total. The van der Waals surface area contributed by atoms with Crippen molar-refractivity contribution in [3.8, 4) is 0 Å². The average molecular weight is 230 g/mol. The maximum Gasteiger partial charge on any atom is 0.150 e. The maximum atomic E-state index is 11.1. The van der Waals surface area contributed by atoms with Crippen molar-refractivity contribution >= 4 is 6.29 Å². The van der Waals surface area contributed by atoms with E-state index in [1.165, 1.54) is 11.1 Å². The van der Waals surface area contributed by atoms with Gasteiger partial charge in [0, 0.05) is 5.56 Å². The third kappa shape index (κ3) is 1.48. The van der Waals surface area contributed by atoms with E-state index in [2.05, 4.69) is 46.8 Å². The molecule has 1 atom stereocenters. The molecule has 0 bridgehead atoms. The molecular weight excluding hydrogens is 208 g/mol. The first-order chi connectivity index (χ1) is 7.72. The summed E-state index contributed by atoms with van der Waals surface area (Å²) in [4.78, 5) is 11.1. The second kappa shape index (κ2) is 3.44. The van der Waals surface area contributed by atoms with Crippen molar-refractivity contribution in [3.05, 3.63) is 34.4 Å². The van der Waals surface area contributed by atoms with Gasteiger partial charge in [0.25, 0.3) is 0 Å². The molecule has 1 unspecified atom stereocenters. The number of rotatable bonds is 1. The van der Waals surface area contributed by atoms with Crippen molar-refractivity contribution < 1.29 is 4.79 Å². The highest BCUT2D eigenvalue weighted by Gasteiger charge is 2.48. The average Bonchev–Trinajstić information content (AvgIpc) is 2.38. The maximum absolute atomic E-state index is 11.1. The first-order valence-electron chi connectivity index (χ1n) is 6.33. The van der Waals surface area contributed by atoms with E-state index in [1.807, 2.05) is 6.92 Å². The fourth-order valence-electron chi connectivity index (χ4n) is 3.29. The molecule has 1 heteroatoms. The lowest BCUT2D eigenvalue weighted by molar-refractivity contribution is 0.112. The molecule has 17 heavy (non-hydrogen) atoms. The molecule has 92 valence electrons. The van der Waals surface area contributed by atoms with Crippen LogP contribution in [-0.2, 0) is 10.8 Å². The van der Waals surface area contributed by atoms with Crippen LogP contribution < -0.4 is 0 Å². The predicted octanol–water partition coefficient (Wildman–Crippen LogP) is 4.01. The van der Waals surface area contributed by atoms with Gasteiger partial charge < -0.3 is 0 Å². The van der Waals surface area contributed by atoms with Crippen LogP contribution in [0.2, 0.25) is 0 Å². The summed E-state index contributed by atoms with van der Waals surface area (Å²) in [6, 6.07) is 4.31. The molecular formula is C16H22O. The van der Waals surface area contributed by atoms with E-state index in [-0.39, 0.29) is 10.8 Å². The van der Waals surface area contributed by atoms with Crippen LogP contribution in [0.15, 0.2) is 12.1 Å². The zero-order chi connectivity index (χ0) is 13.0. The van der Waals surface area contributed by atoms with Crippen molar-refractivity contribution in [1.29, 1.82) is 0 Å². The molecule has 1 aromatic carbocycles. The minimum atomic E-state index is 0.143. The summed E-state index contributed by atoms with van der Waals surface area (Å²) >= 11 is 0. The van der Waals surface area contributed by atoms with Gasteiger partial charge in [0.05, 0.1) is 0 Å². The van der Waals surface area contributed by atoms with E-state index in [0.29, 0.717) is 5.92 Å². The zero-order valence-corrected chi connectivity index (χ0v) is 11.7. The lowest BCUT2D eigenvalue weighted by atomic mass is 9.71. The highest BCUT2D eigenvalue weighted by Crippen LogP contribution is 2.53. The van der Waals surface area contributed by atoms with Crippen molar-refractivity contribution in [2.24, 2.45) is 5.92 Å². The lowest BCUT2D eigenvalue weighted by Gasteiger charge is -2.32. The molecule has 0 saturated heterocycles. The number of carbonyl (C=O) groups excluding carboxylic acids is 1. The number of hydrogen-bond donors (Lipinski definition) is 0. The largest absolute Gasteiger partial charge is 0.298 e. The van der Waals surface area contributed by atoms with Crippen molar-refractivity contribution in [3.63, 3.8) is 0 Å². The van der Waals surface area contributed by atoms with Gasteiger partial charge in [-0.25, -0.2) is 0 Å². The Morgan fingerprint density at radius 2 is 1.53 bits per heavy atom. The Balaban J connectivity index is 2.76. The first-order valence-corrected chi connectivity index (χ1v) is 6.33. The minimum Gasteiger partial charge on any atom is -0.298 e. The monoisotopic (exact) mass is 230 g/mol. The number of aryl methyl sites for hydroxylation is 1. The molecule has 1 aliphatic carbocycles. The van der Waals surface area contributed by atoms with Gasteiger partial charge in [0.1, 0.15) is 6.29 Å². The molecule has 0 heterocycles. The molecule has 0 spiro atoms. The summed E-state index contributed by atoms with van der Waals surface area (Å²) < 4.78 is 0.